The Bertz CT molecular complexity index is 723. The molecule has 0 spiro atoms. The van der Waals surface area contributed by atoms with Gasteiger partial charge in [-0.25, -0.2) is 9.97 Å². The fourth-order valence-electron chi connectivity index (χ4n) is 3.03. The largest absolute Gasteiger partial charge is 0.356 e. The molecule has 2 N–H and O–H groups in total. The minimum atomic E-state index is -0.164. The van der Waals surface area contributed by atoms with Gasteiger partial charge in [-0.15, -0.1) is 0 Å². The van der Waals surface area contributed by atoms with E-state index in [1.807, 2.05) is 18.2 Å². The highest BCUT2D eigenvalue weighted by molar-refractivity contribution is 5.90. The predicted molar refractivity (Wildman–Crippen MR) is 99.7 cm³/mol. The van der Waals surface area contributed by atoms with Crippen LogP contribution in [0.1, 0.15) is 19.3 Å². The second kappa shape index (κ2) is 8.94. The Morgan fingerprint density at radius 3 is 2.65 bits per heavy atom. The molecule has 1 fully saturated rings. The summed E-state index contributed by atoms with van der Waals surface area (Å²) in [5.74, 6) is 1.17. The summed E-state index contributed by atoms with van der Waals surface area (Å²) in [4.78, 5) is 34.8. The molecular weight excluding hydrogens is 330 g/mol. The van der Waals surface area contributed by atoms with Crippen LogP contribution in [-0.4, -0.2) is 41.4 Å². The van der Waals surface area contributed by atoms with E-state index in [9.17, 15) is 9.59 Å². The van der Waals surface area contributed by atoms with Crippen molar-refractivity contribution in [3.05, 3.63) is 48.8 Å². The molecule has 0 aromatic carbocycles. The maximum atomic E-state index is 12.4. The van der Waals surface area contributed by atoms with Gasteiger partial charge in [-0.1, -0.05) is 12.1 Å². The van der Waals surface area contributed by atoms with E-state index in [0.29, 0.717) is 18.9 Å². The van der Waals surface area contributed by atoms with Crippen LogP contribution in [0.15, 0.2) is 48.8 Å². The Balaban J connectivity index is 1.42. The van der Waals surface area contributed by atoms with Crippen LogP contribution in [-0.2, 0) is 9.59 Å². The minimum Gasteiger partial charge on any atom is -0.356 e. The normalized spacial score (nSPS) is 16.8. The number of hydrogen-bond acceptors (Lipinski definition) is 5. The summed E-state index contributed by atoms with van der Waals surface area (Å²) in [6.07, 6.45) is 5.41. The molecule has 3 heterocycles. The zero-order valence-corrected chi connectivity index (χ0v) is 14.6. The van der Waals surface area contributed by atoms with Crippen LogP contribution < -0.4 is 15.5 Å². The zero-order chi connectivity index (χ0) is 18.2. The lowest BCUT2D eigenvalue weighted by Crippen LogP contribution is -2.43. The minimum absolute atomic E-state index is 0.00346. The van der Waals surface area contributed by atoms with E-state index in [1.54, 1.807) is 30.6 Å². The highest BCUT2D eigenvalue weighted by Crippen LogP contribution is 2.21. The first kappa shape index (κ1) is 17.8. The lowest BCUT2D eigenvalue weighted by atomic mass is 9.97. The number of nitrogens with zero attached hydrogens (tertiary/aromatic N) is 3. The lowest BCUT2D eigenvalue weighted by Gasteiger charge is -2.32. The van der Waals surface area contributed by atoms with Crippen molar-refractivity contribution < 1.29 is 9.59 Å². The number of carbonyl (C=O) groups excluding carboxylic acids is 2. The molecule has 0 aliphatic carbocycles. The van der Waals surface area contributed by atoms with Crippen molar-refractivity contribution >= 4 is 23.5 Å². The van der Waals surface area contributed by atoms with Crippen LogP contribution in [0.25, 0.3) is 0 Å². The van der Waals surface area contributed by atoms with Gasteiger partial charge in [-0.05, 0) is 37.1 Å². The molecule has 0 bridgehead atoms. The highest BCUT2D eigenvalue weighted by atomic mass is 16.2. The third-order valence-electron chi connectivity index (χ3n) is 4.35. The number of carbonyl (C=O) groups is 2. The van der Waals surface area contributed by atoms with E-state index in [1.165, 1.54) is 0 Å². The zero-order valence-electron chi connectivity index (χ0n) is 14.6. The molecule has 1 aliphatic rings. The SMILES string of the molecule is O=C(CCNC(=O)[C@H]1CCCN(c2ccccn2)C1)Nc1ccccn1. The van der Waals surface area contributed by atoms with E-state index in [0.717, 1.165) is 25.2 Å². The first-order chi connectivity index (χ1) is 12.7. The number of nitrogens with one attached hydrogen (secondary N) is 2. The number of aromatic nitrogens is 2. The Labute approximate surface area is 152 Å². The fraction of sp³-hybridized carbons (Fsp3) is 0.368. The number of anilines is 2. The maximum Gasteiger partial charge on any atom is 0.227 e. The van der Waals surface area contributed by atoms with Crippen LogP contribution in [0, 0.1) is 5.92 Å². The second-order valence-electron chi connectivity index (χ2n) is 6.28. The summed E-state index contributed by atoms with van der Waals surface area (Å²) in [6, 6.07) is 11.1. The fourth-order valence-corrected chi connectivity index (χ4v) is 3.03. The summed E-state index contributed by atoms with van der Waals surface area (Å²) in [6.45, 7) is 1.88. The van der Waals surface area contributed by atoms with Crippen molar-refractivity contribution in [1.29, 1.82) is 0 Å². The first-order valence-electron chi connectivity index (χ1n) is 8.87. The van der Waals surface area contributed by atoms with Crippen molar-refractivity contribution in [2.75, 3.05) is 29.9 Å². The van der Waals surface area contributed by atoms with Crippen molar-refractivity contribution in [3.63, 3.8) is 0 Å². The molecule has 2 aromatic rings. The third-order valence-corrected chi connectivity index (χ3v) is 4.35. The van der Waals surface area contributed by atoms with Crippen molar-refractivity contribution in [1.82, 2.24) is 15.3 Å². The Hall–Kier alpha value is -2.96. The molecular formula is C19H23N5O2. The van der Waals surface area contributed by atoms with E-state index < -0.39 is 0 Å². The van der Waals surface area contributed by atoms with Crippen LogP contribution in [0.5, 0.6) is 0 Å². The number of piperidine rings is 1. The molecule has 26 heavy (non-hydrogen) atoms. The predicted octanol–water partition coefficient (Wildman–Crippen LogP) is 1.84. The molecule has 1 atom stereocenters. The highest BCUT2D eigenvalue weighted by Gasteiger charge is 2.26. The molecule has 7 heteroatoms. The van der Waals surface area contributed by atoms with E-state index in [4.69, 9.17) is 0 Å². The monoisotopic (exact) mass is 353 g/mol. The summed E-state index contributed by atoms with van der Waals surface area (Å²) in [7, 11) is 0. The van der Waals surface area contributed by atoms with Crippen molar-refractivity contribution in [2.45, 2.75) is 19.3 Å². The average Bonchev–Trinajstić information content (AvgIpc) is 2.69. The average molecular weight is 353 g/mol. The molecule has 2 amide bonds. The van der Waals surface area contributed by atoms with Crippen LogP contribution >= 0.6 is 0 Å². The molecule has 136 valence electrons. The Kier molecular flexibility index (Phi) is 6.14. The van der Waals surface area contributed by atoms with Gasteiger partial charge in [-0.2, -0.15) is 0 Å². The lowest BCUT2D eigenvalue weighted by molar-refractivity contribution is -0.125. The van der Waals surface area contributed by atoms with Crippen molar-refractivity contribution in [2.24, 2.45) is 5.92 Å². The van der Waals surface area contributed by atoms with Crippen molar-refractivity contribution in [3.8, 4) is 0 Å². The van der Waals surface area contributed by atoms with Crippen LogP contribution in [0.3, 0.4) is 0 Å². The van der Waals surface area contributed by atoms with Crippen LogP contribution in [0.2, 0.25) is 0 Å². The van der Waals surface area contributed by atoms with Gasteiger partial charge in [0.25, 0.3) is 0 Å². The first-order valence-corrected chi connectivity index (χ1v) is 8.87. The number of amides is 2. The summed E-state index contributed by atoms with van der Waals surface area (Å²) >= 11 is 0. The van der Waals surface area contributed by atoms with Crippen LogP contribution in [0.4, 0.5) is 11.6 Å². The summed E-state index contributed by atoms with van der Waals surface area (Å²) in [5, 5.41) is 5.58. The third kappa shape index (κ3) is 5.02. The second-order valence-corrected chi connectivity index (χ2v) is 6.28. The molecule has 1 saturated heterocycles. The van der Waals surface area contributed by atoms with Gasteiger partial charge in [-0.3, -0.25) is 9.59 Å². The topological polar surface area (TPSA) is 87.2 Å². The van der Waals surface area contributed by atoms with Gasteiger partial charge in [0, 0.05) is 38.4 Å². The quantitative estimate of drug-likeness (QED) is 0.827. The van der Waals surface area contributed by atoms with Gasteiger partial charge >= 0.3 is 0 Å². The molecule has 0 saturated carbocycles. The summed E-state index contributed by atoms with van der Waals surface area (Å²) in [5.41, 5.74) is 0. The number of hydrogen-bond donors (Lipinski definition) is 2. The molecule has 0 unspecified atom stereocenters. The van der Waals surface area contributed by atoms with Gasteiger partial charge < -0.3 is 15.5 Å². The molecule has 1 aliphatic heterocycles. The number of pyridine rings is 2. The molecule has 2 aromatic heterocycles. The van der Waals surface area contributed by atoms with Gasteiger partial charge in [0.2, 0.25) is 11.8 Å². The molecule has 7 nitrogen and oxygen atoms in total. The van der Waals surface area contributed by atoms with E-state index in [2.05, 4.69) is 25.5 Å². The van der Waals surface area contributed by atoms with Gasteiger partial charge in [0.15, 0.2) is 0 Å². The van der Waals surface area contributed by atoms with E-state index in [-0.39, 0.29) is 24.2 Å². The van der Waals surface area contributed by atoms with Gasteiger partial charge in [0.1, 0.15) is 11.6 Å². The molecule has 3 rings (SSSR count). The summed E-state index contributed by atoms with van der Waals surface area (Å²) < 4.78 is 0. The van der Waals surface area contributed by atoms with Gasteiger partial charge in [0.05, 0.1) is 5.92 Å². The smallest absolute Gasteiger partial charge is 0.227 e. The standard InChI is InChI=1S/C19H23N5O2/c25-18(23-16-7-1-3-10-20-16)9-12-22-19(26)15-6-5-13-24(14-15)17-8-2-4-11-21-17/h1-4,7-8,10-11,15H,5-6,9,12-14H2,(H,22,26)(H,20,23,25)/t15-/m0/s1. The Morgan fingerprint density at radius 1 is 1.12 bits per heavy atom. The maximum absolute atomic E-state index is 12.4. The van der Waals surface area contributed by atoms with E-state index >= 15 is 0 Å². The molecule has 0 radical (unpaired) electrons. The number of rotatable bonds is 6. The Morgan fingerprint density at radius 2 is 1.92 bits per heavy atom.